The highest BCUT2D eigenvalue weighted by molar-refractivity contribution is 6.27. The number of hydrogen-bond donors (Lipinski definition) is 7. The minimum absolute atomic E-state index is 0.0297. The molecule has 1 aliphatic carbocycles. The van der Waals surface area contributed by atoms with Crippen molar-refractivity contribution in [1.82, 2.24) is 36.5 Å². The molecule has 2 fully saturated rings. The van der Waals surface area contributed by atoms with Crippen LogP contribution in [0, 0.1) is 0 Å². The number of para-hydroxylation sites is 1. The van der Waals surface area contributed by atoms with E-state index in [0.717, 1.165) is 41.3 Å². The summed E-state index contributed by atoms with van der Waals surface area (Å²) in [6, 6.07) is 12.3. The van der Waals surface area contributed by atoms with Gasteiger partial charge in [-0.1, -0.05) is 48.5 Å². The van der Waals surface area contributed by atoms with E-state index in [2.05, 4.69) is 31.6 Å². The standard InChI is InChI=1S/C38H49ClN8O6/c39-22-33(48)44-31(20-24-10-2-1-3-11-24)37(52)47-19-7-6-17-32(47)36(51)46-30(21-25-23-42-28-15-5-4-14-27(25)28)35(50)45-29(16-9-18-41-38(40)53)34(49)43-26-12-8-13-26/h1-5,10-11,14-15,23,26,29-32,42H,6-9,12-13,16-22H2,(H,43,49)(H,44,48)(H,45,50)(H,46,51)(H3,40,41,53)/t29?,30?,31?,32-/m0/s1. The van der Waals surface area contributed by atoms with Gasteiger partial charge in [-0.15, -0.1) is 11.6 Å². The summed E-state index contributed by atoms with van der Waals surface area (Å²) in [7, 11) is 0. The van der Waals surface area contributed by atoms with Crippen LogP contribution in [0.2, 0.25) is 0 Å². The van der Waals surface area contributed by atoms with E-state index >= 15 is 0 Å². The zero-order chi connectivity index (χ0) is 37.7. The third-order valence-electron chi connectivity index (χ3n) is 9.91. The van der Waals surface area contributed by atoms with Gasteiger partial charge in [0.15, 0.2) is 0 Å². The van der Waals surface area contributed by atoms with E-state index in [1.807, 2.05) is 54.6 Å². The number of fused-ring (bicyclic) bond motifs is 1. The number of carbonyl (C=O) groups is 6. The highest BCUT2D eigenvalue weighted by atomic mass is 35.5. The summed E-state index contributed by atoms with van der Waals surface area (Å²) in [5, 5.41) is 14.9. The van der Waals surface area contributed by atoms with E-state index in [0.29, 0.717) is 32.2 Å². The molecule has 1 saturated heterocycles. The number of amides is 7. The van der Waals surface area contributed by atoms with Gasteiger partial charge in [-0.2, -0.15) is 0 Å². The molecule has 3 unspecified atom stereocenters. The van der Waals surface area contributed by atoms with Crippen molar-refractivity contribution in [2.24, 2.45) is 5.73 Å². The van der Waals surface area contributed by atoms with Crippen LogP contribution < -0.4 is 32.3 Å². The molecule has 14 nitrogen and oxygen atoms in total. The second-order valence-corrected chi connectivity index (χ2v) is 14.0. The van der Waals surface area contributed by atoms with Crippen LogP contribution >= 0.6 is 11.6 Å². The molecule has 15 heteroatoms. The van der Waals surface area contributed by atoms with Gasteiger partial charge in [-0.3, -0.25) is 24.0 Å². The van der Waals surface area contributed by atoms with Crippen molar-refractivity contribution in [2.75, 3.05) is 19.0 Å². The number of aromatic amines is 1. The summed E-state index contributed by atoms with van der Waals surface area (Å²) in [4.78, 5) is 84.3. The van der Waals surface area contributed by atoms with E-state index in [1.54, 1.807) is 6.20 Å². The first-order chi connectivity index (χ1) is 25.6. The molecule has 1 saturated carbocycles. The fourth-order valence-corrected chi connectivity index (χ4v) is 6.94. The van der Waals surface area contributed by atoms with Gasteiger partial charge in [0, 0.05) is 49.1 Å². The average Bonchev–Trinajstić information content (AvgIpc) is 3.56. The Balaban J connectivity index is 1.37. The van der Waals surface area contributed by atoms with E-state index in [4.69, 9.17) is 17.3 Å². The minimum Gasteiger partial charge on any atom is -0.361 e. The van der Waals surface area contributed by atoms with Crippen molar-refractivity contribution >= 4 is 58.1 Å². The quantitative estimate of drug-likeness (QED) is 0.0813. The largest absolute Gasteiger partial charge is 0.361 e. The zero-order valence-corrected chi connectivity index (χ0v) is 30.5. The van der Waals surface area contributed by atoms with E-state index < -0.39 is 53.8 Å². The summed E-state index contributed by atoms with van der Waals surface area (Å²) in [5.74, 6) is -2.66. The van der Waals surface area contributed by atoms with Crippen molar-refractivity contribution in [3.8, 4) is 0 Å². The number of likely N-dealkylation sites (tertiary alicyclic amines) is 1. The molecule has 53 heavy (non-hydrogen) atoms. The predicted molar refractivity (Wildman–Crippen MR) is 201 cm³/mol. The maximum absolute atomic E-state index is 14.2. The number of urea groups is 1. The van der Waals surface area contributed by atoms with Crippen LogP contribution in [0.25, 0.3) is 10.9 Å². The first-order valence-corrected chi connectivity index (χ1v) is 18.9. The minimum atomic E-state index is -1.11. The number of hydrogen-bond acceptors (Lipinski definition) is 6. The van der Waals surface area contributed by atoms with E-state index in [1.165, 1.54) is 4.90 Å². The third kappa shape index (κ3) is 11.0. The molecule has 7 amide bonds. The fourth-order valence-electron chi connectivity index (χ4n) is 6.86. The first-order valence-electron chi connectivity index (χ1n) is 18.3. The van der Waals surface area contributed by atoms with Crippen molar-refractivity contribution in [1.29, 1.82) is 0 Å². The lowest BCUT2D eigenvalue weighted by molar-refractivity contribution is -0.145. The average molecular weight is 749 g/mol. The number of aromatic nitrogens is 1. The molecule has 0 radical (unpaired) electrons. The number of nitrogens with two attached hydrogens (primary N) is 1. The van der Waals surface area contributed by atoms with Gasteiger partial charge >= 0.3 is 6.03 Å². The predicted octanol–water partition coefficient (Wildman–Crippen LogP) is 2.14. The van der Waals surface area contributed by atoms with E-state index in [-0.39, 0.29) is 43.6 Å². The number of benzene rings is 2. The van der Waals surface area contributed by atoms with Gasteiger partial charge in [0.25, 0.3) is 0 Å². The zero-order valence-electron chi connectivity index (χ0n) is 29.7. The molecule has 2 heterocycles. The van der Waals surface area contributed by atoms with Crippen molar-refractivity contribution in [3.63, 3.8) is 0 Å². The third-order valence-corrected chi connectivity index (χ3v) is 10.2. The molecule has 1 aliphatic heterocycles. The number of primary amides is 1. The number of alkyl halides is 1. The summed E-state index contributed by atoms with van der Waals surface area (Å²) in [6.45, 7) is 0.511. The Morgan fingerprint density at radius 3 is 2.30 bits per heavy atom. The Hall–Kier alpha value is -5.11. The Bertz CT molecular complexity index is 1750. The molecular formula is C38H49ClN8O6. The second kappa shape index (κ2) is 19.1. The van der Waals surface area contributed by atoms with Gasteiger partial charge in [-0.25, -0.2) is 4.79 Å². The maximum Gasteiger partial charge on any atom is 0.312 e. The summed E-state index contributed by atoms with van der Waals surface area (Å²) < 4.78 is 0. The molecule has 5 rings (SSSR count). The van der Waals surface area contributed by atoms with E-state index in [9.17, 15) is 28.8 Å². The lowest BCUT2D eigenvalue weighted by atomic mass is 9.92. The van der Waals surface area contributed by atoms with Gasteiger partial charge in [0.1, 0.15) is 30.0 Å². The SMILES string of the molecule is NC(=O)NCCCC(NC(=O)C(Cc1c[nH]c2ccccc12)NC(=O)[C@@H]1CCCCN1C(=O)C(Cc1ccccc1)NC(=O)CCl)C(=O)NC1CCC1. The normalized spacial score (nSPS) is 17.5. The highest BCUT2D eigenvalue weighted by Gasteiger charge is 2.38. The van der Waals surface area contributed by atoms with Gasteiger partial charge in [0.05, 0.1) is 0 Å². The smallest absolute Gasteiger partial charge is 0.312 e. The number of piperidine rings is 1. The molecule has 0 bridgehead atoms. The monoisotopic (exact) mass is 748 g/mol. The summed E-state index contributed by atoms with van der Waals surface area (Å²) in [6.07, 6.45) is 7.12. The Morgan fingerprint density at radius 2 is 1.58 bits per heavy atom. The van der Waals surface area contributed by atoms with Gasteiger partial charge in [-0.05, 0) is 68.6 Å². The summed E-state index contributed by atoms with van der Waals surface area (Å²) in [5.41, 5.74) is 7.68. The van der Waals surface area contributed by atoms with Crippen LogP contribution in [0.3, 0.4) is 0 Å². The number of carbonyl (C=O) groups excluding carboxylic acids is 6. The molecule has 0 spiro atoms. The number of nitrogens with one attached hydrogen (secondary N) is 6. The van der Waals surface area contributed by atoms with Crippen LogP contribution in [0.15, 0.2) is 60.8 Å². The molecule has 2 aliphatic rings. The van der Waals surface area contributed by atoms with Gasteiger partial charge in [0.2, 0.25) is 29.5 Å². The van der Waals surface area contributed by atoms with Crippen LogP contribution in [-0.2, 0) is 36.8 Å². The van der Waals surface area contributed by atoms with Gasteiger partial charge < -0.3 is 42.2 Å². The Labute approximate surface area is 313 Å². The molecule has 284 valence electrons. The van der Waals surface area contributed by atoms with Crippen LogP contribution in [0.4, 0.5) is 4.79 Å². The van der Waals surface area contributed by atoms with Crippen LogP contribution in [0.5, 0.6) is 0 Å². The number of nitrogens with zero attached hydrogens (tertiary/aromatic N) is 1. The topological polar surface area (TPSA) is 208 Å². The highest BCUT2D eigenvalue weighted by Crippen LogP contribution is 2.23. The first kappa shape index (κ1) is 39.1. The Morgan fingerprint density at radius 1 is 0.830 bits per heavy atom. The number of H-pyrrole nitrogens is 1. The number of rotatable bonds is 17. The molecule has 2 aromatic carbocycles. The molecule has 8 N–H and O–H groups in total. The van der Waals surface area contributed by atoms with Crippen LogP contribution in [0.1, 0.15) is 62.5 Å². The van der Waals surface area contributed by atoms with Crippen molar-refractivity contribution < 1.29 is 28.8 Å². The van der Waals surface area contributed by atoms with Crippen LogP contribution in [-0.4, -0.2) is 94.6 Å². The van der Waals surface area contributed by atoms with Crippen molar-refractivity contribution in [2.45, 2.75) is 94.4 Å². The summed E-state index contributed by atoms with van der Waals surface area (Å²) >= 11 is 5.80. The fraction of sp³-hybridized carbons (Fsp3) is 0.474. The lowest BCUT2D eigenvalue weighted by Gasteiger charge is -2.37. The van der Waals surface area contributed by atoms with Crippen molar-refractivity contribution in [3.05, 3.63) is 71.9 Å². The number of halogens is 1. The molecule has 4 atom stereocenters. The maximum atomic E-state index is 14.2. The molecule has 1 aromatic heterocycles. The lowest BCUT2D eigenvalue weighted by Crippen LogP contribution is -2.61. The second-order valence-electron chi connectivity index (χ2n) is 13.7. The Kier molecular flexibility index (Phi) is 14.1. The molecular weight excluding hydrogens is 700 g/mol. The molecule has 3 aromatic rings.